The highest BCUT2D eigenvalue weighted by Gasteiger charge is 2.35. The van der Waals surface area contributed by atoms with Crippen molar-refractivity contribution < 1.29 is 14.6 Å². The van der Waals surface area contributed by atoms with Crippen LogP contribution in [0.15, 0.2) is 60.7 Å². The fourth-order valence-corrected chi connectivity index (χ4v) is 4.41. The predicted octanol–water partition coefficient (Wildman–Crippen LogP) is 4.07. The summed E-state index contributed by atoms with van der Waals surface area (Å²) in [7, 11) is 0. The number of para-hydroxylation sites is 1. The van der Waals surface area contributed by atoms with Crippen LogP contribution in [0.25, 0.3) is 0 Å². The van der Waals surface area contributed by atoms with Gasteiger partial charge in [0.25, 0.3) is 0 Å². The molecule has 4 rings (SSSR count). The lowest BCUT2D eigenvalue weighted by molar-refractivity contribution is -0.00794. The van der Waals surface area contributed by atoms with Crippen LogP contribution in [0.2, 0.25) is 0 Å². The predicted molar refractivity (Wildman–Crippen MR) is 113 cm³/mol. The molecule has 2 amide bonds. The summed E-state index contributed by atoms with van der Waals surface area (Å²) in [6.45, 7) is 1.42. The lowest BCUT2D eigenvalue weighted by Crippen LogP contribution is -2.50. The number of nitrogens with one attached hydrogen (secondary N) is 1. The first-order chi connectivity index (χ1) is 14.1. The first-order valence-electron chi connectivity index (χ1n) is 10.7. The molecule has 0 spiro atoms. The Balaban J connectivity index is 1.22. The van der Waals surface area contributed by atoms with E-state index in [1.54, 1.807) is 0 Å². The Hall–Kier alpha value is -2.53. The summed E-state index contributed by atoms with van der Waals surface area (Å²) in [5.41, 5.74) is 0.209. The number of benzene rings is 2. The molecule has 2 aliphatic rings. The van der Waals surface area contributed by atoms with Gasteiger partial charge in [-0.2, -0.15) is 0 Å². The molecule has 2 aromatic carbocycles. The zero-order chi connectivity index (χ0) is 20.1. The van der Waals surface area contributed by atoms with Gasteiger partial charge in [-0.15, -0.1) is 0 Å². The van der Waals surface area contributed by atoms with Gasteiger partial charge in [0.15, 0.2) is 0 Å². The van der Waals surface area contributed by atoms with Crippen molar-refractivity contribution >= 4 is 6.03 Å². The molecule has 1 aliphatic heterocycles. The molecule has 5 nitrogen and oxygen atoms in total. The Morgan fingerprint density at radius 3 is 2.14 bits per heavy atom. The average molecular weight is 395 g/mol. The van der Waals surface area contributed by atoms with E-state index < -0.39 is 5.60 Å². The number of hydrogen-bond donors (Lipinski definition) is 2. The van der Waals surface area contributed by atoms with Crippen molar-refractivity contribution in [3.05, 3.63) is 66.2 Å². The van der Waals surface area contributed by atoms with Crippen LogP contribution in [0.3, 0.4) is 0 Å². The topological polar surface area (TPSA) is 61.8 Å². The van der Waals surface area contributed by atoms with Crippen molar-refractivity contribution in [2.75, 3.05) is 13.1 Å². The van der Waals surface area contributed by atoms with E-state index in [1.165, 1.54) is 0 Å². The molecule has 1 saturated heterocycles. The second kappa shape index (κ2) is 8.87. The molecule has 29 heavy (non-hydrogen) atoms. The monoisotopic (exact) mass is 394 g/mol. The van der Waals surface area contributed by atoms with Crippen molar-refractivity contribution in [2.45, 2.75) is 56.3 Å². The highest BCUT2D eigenvalue weighted by Crippen LogP contribution is 2.37. The van der Waals surface area contributed by atoms with Gasteiger partial charge in [-0.25, -0.2) is 4.79 Å². The van der Waals surface area contributed by atoms with E-state index in [0.29, 0.717) is 25.9 Å². The van der Waals surface area contributed by atoms with Crippen LogP contribution >= 0.6 is 0 Å². The number of hydrogen-bond acceptors (Lipinski definition) is 3. The number of carbonyl (C=O) groups excluding carboxylic acids is 1. The Morgan fingerprint density at radius 2 is 1.52 bits per heavy atom. The van der Waals surface area contributed by atoms with E-state index in [4.69, 9.17) is 4.74 Å². The van der Waals surface area contributed by atoms with Gasteiger partial charge in [-0.1, -0.05) is 48.5 Å². The SMILES string of the molecule is O=C(NC1CCC(O)(c2ccccc2)CC1)N1CCC(Oc2ccccc2)CC1. The van der Waals surface area contributed by atoms with Crippen LogP contribution in [0, 0.1) is 0 Å². The largest absolute Gasteiger partial charge is 0.490 e. The standard InChI is InChI=1S/C24H30N2O3/c27-23(26-17-13-22(14-18-26)29-21-9-5-2-6-10-21)25-20-11-15-24(28,16-12-20)19-7-3-1-4-8-19/h1-10,20,22,28H,11-18H2,(H,25,27). The minimum Gasteiger partial charge on any atom is -0.490 e. The smallest absolute Gasteiger partial charge is 0.317 e. The Morgan fingerprint density at radius 1 is 0.931 bits per heavy atom. The van der Waals surface area contributed by atoms with Gasteiger partial charge in [0.2, 0.25) is 0 Å². The zero-order valence-electron chi connectivity index (χ0n) is 16.8. The Kier molecular flexibility index (Phi) is 6.05. The van der Waals surface area contributed by atoms with Gasteiger partial charge in [-0.05, 0) is 43.4 Å². The number of rotatable bonds is 4. The molecular weight excluding hydrogens is 364 g/mol. The number of carbonyl (C=O) groups is 1. The van der Waals surface area contributed by atoms with Gasteiger partial charge in [0.1, 0.15) is 11.9 Å². The summed E-state index contributed by atoms with van der Waals surface area (Å²) in [6.07, 6.45) is 4.80. The van der Waals surface area contributed by atoms with Crippen molar-refractivity contribution in [3.63, 3.8) is 0 Å². The van der Waals surface area contributed by atoms with E-state index in [2.05, 4.69) is 5.32 Å². The Labute approximate surface area is 172 Å². The molecule has 2 fully saturated rings. The Bertz CT molecular complexity index is 780. The molecule has 1 saturated carbocycles. The molecule has 0 aromatic heterocycles. The fourth-order valence-electron chi connectivity index (χ4n) is 4.41. The molecule has 0 atom stereocenters. The molecular formula is C24H30N2O3. The van der Waals surface area contributed by atoms with E-state index in [9.17, 15) is 9.90 Å². The van der Waals surface area contributed by atoms with E-state index in [1.807, 2.05) is 65.6 Å². The van der Waals surface area contributed by atoms with E-state index in [-0.39, 0.29) is 18.2 Å². The minimum atomic E-state index is -0.768. The second-order valence-electron chi connectivity index (χ2n) is 8.24. The quantitative estimate of drug-likeness (QED) is 0.822. The molecule has 1 heterocycles. The molecule has 1 aliphatic carbocycles. The van der Waals surface area contributed by atoms with Gasteiger partial charge >= 0.3 is 6.03 Å². The van der Waals surface area contributed by atoms with Crippen LogP contribution in [0.4, 0.5) is 4.79 Å². The molecule has 2 aromatic rings. The lowest BCUT2D eigenvalue weighted by atomic mass is 9.78. The minimum absolute atomic E-state index is 0.0123. The van der Waals surface area contributed by atoms with Crippen molar-refractivity contribution in [2.24, 2.45) is 0 Å². The number of amides is 2. The summed E-state index contributed by atoms with van der Waals surface area (Å²) in [5.74, 6) is 0.892. The first-order valence-corrected chi connectivity index (χ1v) is 10.7. The average Bonchev–Trinajstić information content (AvgIpc) is 2.77. The van der Waals surface area contributed by atoms with Crippen molar-refractivity contribution in [1.29, 1.82) is 0 Å². The summed E-state index contributed by atoms with van der Waals surface area (Å²) in [5, 5.41) is 14.1. The van der Waals surface area contributed by atoms with Gasteiger partial charge in [-0.3, -0.25) is 0 Å². The number of likely N-dealkylation sites (tertiary alicyclic amines) is 1. The van der Waals surface area contributed by atoms with Gasteiger partial charge in [0.05, 0.1) is 5.60 Å². The molecule has 0 radical (unpaired) electrons. The zero-order valence-corrected chi connectivity index (χ0v) is 16.8. The van der Waals surface area contributed by atoms with Crippen LogP contribution in [-0.2, 0) is 5.60 Å². The van der Waals surface area contributed by atoms with E-state index >= 15 is 0 Å². The van der Waals surface area contributed by atoms with Crippen molar-refractivity contribution in [3.8, 4) is 5.75 Å². The highest BCUT2D eigenvalue weighted by molar-refractivity contribution is 5.74. The molecule has 0 bridgehead atoms. The summed E-state index contributed by atoms with van der Waals surface area (Å²) >= 11 is 0. The third-order valence-corrected chi connectivity index (χ3v) is 6.23. The number of urea groups is 1. The van der Waals surface area contributed by atoms with Crippen molar-refractivity contribution in [1.82, 2.24) is 10.2 Å². The maximum absolute atomic E-state index is 12.7. The third kappa shape index (κ3) is 4.91. The first kappa shape index (κ1) is 19.8. The maximum Gasteiger partial charge on any atom is 0.317 e. The number of piperidine rings is 1. The molecule has 0 unspecified atom stereocenters. The number of aliphatic hydroxyl groups is 1. The maximum atomic E-state index is 12.7. The highest BCUT2D eigenvalue weighted by atomic mass is 16.5. The van der Waals surface area contributed by atoms with Gasteiger partial charge < -0.3 is 20.1 Å². The third-order valence-electron chi connectivity index (χ3n) is 6.23. The number of nitrogens with zero attached hydrogens (tertiary/aromatic N) is 1. The van der Waals surface area contributed by atoms with Crippen LogP contribution in [0.1, 0.15) is 44.1 Å². The summed E-state index contributed by atoms with van der Waals surface area (Å²) < 4.78 is 6.01. The molecule has 2 N–H and O–H groups in total. The summed E-state index contributed by atoms with van der Waals surface area (Å²) in [4.78, 5) is 14.6. The van der Waals surface area contributed by atoms with Crippen LogP contribution < -0.4 is 10.1 Å². The fraction of sp³-hybridized carbons (Fsp3) is 0.458. The van der Waals surface area contributed by atoms with Gasteiger partial charge in [0, 0.05) is 32.0 Å². The lowest BCUT2D eigenvalue weighted by Gasteiger charge is -2.38. The second-order valence-corrected chi connectivity index (χ2v) is 8.24. The van der Waals surface area contributed by atoms with Crippen LogP contribution in [0.5, 0.6) is 5.75 Å². The molecule has 154 valence electrons. The number of ether oxygens (including phenoxy) is 1. The van der Waals surface area contributed by atoms with Crippen LogP contribution in [-0.4, -0.2) is 41.3 Å². The molecule has 5 heteroatoms. The summed E-state index contributed by atoms with van der Waals surface area (Å²) in [6, 6.07) is 19.9. The normalized spacial score (nSPS) is 25.4. The van der Waals surface area contributed by atoms with E-state index in [0.717, 1.165) is 37.0 Å².